The normalized spacial score (nSPS) is 10.6. The van der Waals surface area contributed by atoms with Gasteiger partial charge in [-0.3, -0.25) is 4.98 Å². The third-order valence-corrected chi connectivity index (χ3v) is 5.01. The standard InChI is InChI=1S/C26H23NO5/c1-29-23-9-8-20(14-19(23)11-13-28)32-24-10-12-27-22-16-26(25(30-2)15-21(22)24)31-17-18-6-4-3-5-7-18/h3-10,12-16H,11,17H2,1-2H3. The SMILES string of the molecule is COc1ccc(Oc2ccnc3cc(OCc4ccccc4)c(OC)cc23)cc1CC=O. The molecule has 0 unspecified atom stereocenters. The lowest BCUT2D eigenvalue weighted by Crippen LogP contribution is -1.98. The molecule has 162 valence electrons. The maximum atomic E-state index is 11.0. The number of benzene rings is 3. The first-order valence-corrected chi connectivity index (χ1v) is 10.1. The number of aldehydes is 1. The fourth-order valence-corrected chi connectivity index (χ4v) is 3.42. The summed E-state index contributed by atoms with van der Waals surface area (Å²) in [4.78, 5) is 15.5. The summed E-state index contributed by atoms with van der Waals surface area (Å²) >= 11 is 0. The molecule has 0 radical (unpaired) electrons. The van der Waals surface area contributed by atoms with Crippen molar-refractivity contribution >= 4 is 17.2 Å². The largest absolute Gasteiger partial charge is 0.496 e. The van der Waals surface area contributed by atoms with Gasteiger partial charge in [0.1, 0.15) is 30.1 Å². The number of carbonyl (C=O) groups is 1. The third kappa shape index (κ3) is 4.64. The van der Waals surface area contributed by atoms with Crippen molar-refractivity contribution in [3.8, 4) is 28.7 Å². The van der Waals surface area contributed by atoms with Crippen molar-refractivity contribution < 1.29 is 23.7 Å². The first-order valence-electron chi connectivity index (χ1n) is 10.1. The van der Waals surface area contributed by atoms with E-state index in [0.717, 1.165) is 22.8 Å². The topological polar surface area (TPSA) is 66.9 Å². The number of pyridine rings is 1. The van der Waals surface area contributed by atoms with Crippen LogP contribution in [0.5, 0.6) is 28.7 Å². The summed E-state index contributed by atoms with van der Waals surface area (Å²) in [6.45, 7) is 0.421. The Morgan fingerprint density at radius 2 is 1.66 bits per heavy atom. The Morgan fingerprint density at radius 3 is 2.41 bits per heavy atom. The molecule has 6 heteroatoms. The van der Waals surface area contributed by atoms with Crippen molar-refractivity contribution in [1.29, 1.82) is 0 Å². The number of nitrogens with zero attached hydrogens (tertiary/aromatic N) is 1. The van der Waals surface area contributed by atoms with Crippen molar-refractivity contribution in [3.05, 3.63) is 84.1 Å². The summed E-state index contributed by atoms with van der Waals surface area (Å²) in [7, 11) is 3.17. The Morgan fingerprint density at radius 1 is 0.844 bits per heavy atom. The summed E-state index contributed by atoms with van der Waals surface area (Å²) in [5.74, 6) is 3.04. The van der Waals surface area contributed by atoms with Gasteiger partial charge in [-0.2, -0.15) is 0 Å². The van der Waals surface area contributed by atoms with Crippen LogP contribution in [0.25, 0.3) is 10.9 Å². The lowest BCUT2D eigenvalue weighted by atomic mass is 10.1. The van der Waals surface area contributed by atoms with E-state index in [1.165, 1.54) is 0 Å². The Balaban J connectivity index is 1.65. The number of carbonyl (C=O) groups excluding carboxylic acids is 1. The number of ether oxygens (including phenoxy) is 4. The molecule has 0 aliphatic heterocycles. The summed E-state index contributed by atoms with van der Waals surface area (Å²) in [6, 6.07) is 20.8. The Labute approximate surface area is 186 Å². The summed E-state index contributed by atoms with van der Waals surface area (Å²) in [5.41, 5.74) is 2.53. The van der Waals surface area contributed by atoms with E-state index < -0.39 is 0 Å². The highest BCUT2D eigenvalue weighted by molar-refractivity contribution is 5.88. The number of methoxy groups -OCH3 is 2. The second kappa shape index (κ2) is 9.83. The Kier molecular flexibility index (Phi) is 6.51. The Hall–Kier alpha value is -4.06. The number of hydrogen-bond donors (Lipinski definition) is 0. The quantitative estimate of drug-likeness (QED) is 0.334. The lowest BCUT2D eigenvalue weighted by Gasteiger charge is -2.15. The molecule has 0 aliphatic rings. The minimum atomic E-state index is 0.243. The van der Waals surface area contributed by atoms with Crippen LogP contribution in [0.1, 0.15) is 11.1 Å². The van der Waals surface area contributed by atoms with Gasteiger partial charge in [-0.15, -0.1) is 0 Å². The second-order valence-corrected chi connectivity index (χ2v) is 7.05. The van der Waals surface area contributed by atoms with E-state index >= 15 is 0 Å². The first kappa shape index (κ1) is 21.2. The molecule has 0 aliphatic carbocycles. The second-order valence-electron chi connectivity index (χ2n) is 7.05. The summed E-state index contributed by atoms with van der Waals surface area (Å²) in [5, 5.41) is 0.782. The van der Waals surface area contributed by atoms with Gasteiger partial charge in [0.15, 0.2) is 11.5 Å². The van der Waals surface area contributed by atoms with E-state index in [-0.39, 0.29) is 6.42 Å². The van der Waals surface area contributed by atoms with Crippen LogP contribution < -0.4 is 18.9 Å². The highest BCUT2D eigenvalue weighted by atomic mass is 16.5. The van der Waals surface area contributed by atoms with E-state index in [2.05, 4.69) is 4.98 Å². The van der Waals surface area contributed by atoms with Crippen molar-refractivity contribution in [3.63, 3.8) is 0 Å². The molecule has 0 atom stereocenters. The molecule has 0 amide bonds. The van der Waals surface area contributed by atoms with Gasteiger partial charge in [0.05, 0.1) is 19.7 Å². The molecule has 6 nitrogen and oxygen atoms in total. The van der Waals surface area contributed by atoms with Crippen molar-refractivity contribution in [2.45, 2.75) is 13.0 Å². The average Bonchev–Trinajstić information content (AvgIpc) is 2.83. The zero-order chi connectivity index (χ0) is 22.3. The van der Waals surface area contributed by atoms with Crippen molar-refractivity contribution in [1.82, 2.24) is 4.98 Å². The van der Waals surface area contributed by atoms with Crippen molar-refractivity contribution in [2.24, 2.45) is 0 Å². The van der Waals surface area contributed by atoms with E-state index in [4.69, 9.17) is 18.9 Å². The summed E-state index contributed by atoms with van der Waals surface area (Å²) in [6.07, 6.45) is 2.76. The van der Waals surface area contributed by atoms with E-state index in [0.29, 0.717) is 40.9 Å². The number of hydrogen-bond acceptors (Lipinski definition) is 6. The molecular weight excluding hydrogens is 406 g/mol. The molecule has 4 aromatic rings. The van der Waals surface area contributed by atoms with Gasteiger partial charge in [-0.1, -0.05) is 30.3 Å². The van der Waals surface area contributed by atoms with E-state index in [1.54, 1.807) is 44.7 Å². The van der Waals surface area contributed by atoms with Crippen LogP contribution in [-0.2, 0) is 17.8 Å². The van der Waals surface area contributed by atoms with Crippen LogP contribution in [-0.4, -0.2) is 25.5 Å². The Bertz CT molecular complexity index is 1220. The molecule has 0 N–H and O–H groups in total. The fourth-order valence-electron chi connectivity index (χ4n) is 3.42. The van der Waals surface area contributed by atoms with Crippen LogP contribution >= 0.6 is 0 Å². The lowest BCUT2D eigenvalue weighted by molar-refractivity contribution is -0.107. The van der Waals surface area contributed by atoms with Gasteiger partial charge in [0, 0.05) is 29.6 Å². The molecule has 1 aromatic heterocycles. The smallest absolute Gasteiger partial charge is 0.163 e. The molecule has 0 fully saturated rings. The van der Waals surface area contributed by atoms with Gasteiger partial charge in [0.2, 0.25) is 0 Å². The highest BCUT2D eigenvalue weighted by Gasteiger charge is 2.13. The minimum absolute atomic E-state index is 0.243. The third-order valence-electron chi connectivity index (χ3n) is 5.01. The molecule has 0 bridgehead atoms. The molecule has 32 heavy (non-hydrogen) atoms. The molecule has 1 heterocycles. The van der Waals surface area contributed by atoms with Crippen LogP contribution in [0.4, 0.5) is 0 Å². The molecule has 4 rings (SSSR count). The van der Waals surface area contributed by atoms with Gasteiger partial charge in [-0.25, -0.2) is 0 Å². The van der Waals surface area contributed by atoms with Crippen molar-refractivity contribution in [2.75, 3.05) is 14.2 Å². The zero-order valence-electron chi connectivity index (χ0n) is 17.9. The number of aromatic nitrogens is 1. The molecule has 0 spiro atoms. The van der Waals surface area contributed by atoms with Gasteiger partial charge < -0.3 is 23.7 Å². The maximum absolute atomic E-state index is 11.0. The molecule has 0 saturated heterocycles. The van der Waals surface area contributed by atoms with E-state index in [9.17, 15) is 4.79 Å². The predicted octanol–water partition coefficient (Wildman–Crippen LogP) is 5.36. The monoisotopic (exact) mass is 429 g/mol. The minimum Gasteiger partial charge on any atom is -0.496 e. The van der Waals surface area contributed by atoms with Crippen LogP contribution in [0.15, 0.2) is 72.9 Å². The van der Waals surface area contributed by atoms with Gasteiger partial charge >= 0.3 is 0 Å². The summed E-state index contributed by atoms with van der Waals surface area (Å²) < 4.78 is 23.0. The molecular formula is C26H23NO5. The molecule has 3 aromatic carbocycles. The zero-order valence-corrected chi connectivity index (χ0v) is 17.9. The molecule has 0 saturated carbocycles. The highest BCUT2D eigenvalue weighted by Crippen LogP contribution is 2.38. The number of fused-ring (bicyclic) bond motifs is 1. The first-order chi connectivity index (χ1) is 15.7. The number of rotatable bonds is 9. The maximum Gasteiger partial charge on any atom is 0.163 e. The van der Waals surface area contributed by atoms with Crippen LogP contribution in [0.2, 0.25) is 0 Å². The van der Waals surface area contributed by atoms with E-state index in [1.807, 2.05) is 42.5 Å². The average molecular weight is 429 g/mol. The van der Waals surface area contributed by atoms with Crippen LogP contribution in [0.3, 0.4) is 0 Å². The van der Waals surface area contributed by atoms with Crippen LogP contribution in [0, 0.1) is 0 Å². The van der Waals surface area contributed by atoms with Gasteiger partial charge in [0.25, 0.3) is 0 Å². The van der Waals surface area contributed by atoms with Gasteiger partial charge in [-0.05, 0) is 35.9 Å². The predicted molar refractivity (Wildman–Crippen MR) is 122 cm³/mol. The fraction of sp³-hybridized carbons (Fsp3) is 0.154.